The summed E-state index contributed by atoms with van der Waals surface area (Å²) in [7, 11) is 0. The Morgan fingerprint density at radius 1 is 0.938 bits per heavy atom. The van der Waals surface area contributed by atoms with Crippen LogP contribution < -0.4 is 0 Å². The maximum atomic E-state index is 5.64. The molecule has 2 rings (SSSR count). The molecule has 1 heteroatoms. The maximum absolute atomic E-state index is 5.64. The highest BCUT2D eigenvalue weighted by Gasteiger charge is 2.14. The van der Waals surface area contributed by atoms with E-state index in [9.17, 15) is 0 Å². The number of rotatable bonds is 3. The van der Waals surface area contributed by atoms with Crippen LogP contribution in [0, 0.1) is 5.92 Å². The van der Waals surface area contributed by atoms with Gasteiger partial charge < -0.3 is 4.42 Å². The molecule has 0 fully saturated rings. The monoisotopic (exact) mass is 214 g/mol. The molecule has 0 aliphatic heterocycles. The Balaban J connectivity index is 2.27. The van der Waals surface area contributed by atoms with Gasteiger partial charge in [-0.15, -0.1) is 0 Å². The smallest absolute Gasteiger partial charge is 0.107 e. The summed E-state index contributed by atoms with van der Waals surface area (Å²) < 4.78 is 5.64. The lowest BCUT2D eigenvalue weighted by Gasteiger charge is -2.11. The lowest BCUT2D eigenvalue weighted by Crippen LogP contribution is -1.99. The molecule has 1 aromatic carbocycles. The highest BCUT2D eigenvalue weighted by Crippen LogP contribution is 2.29. The van der Waals surface area contributed by atoms with Crippen molar-refractivity contribution in [1.29, 1.82) is 0 Å². The first-order chi connectivity index (χ1) is 7.68. The Kier molecular flexibility index (Phi) is 3.14. The predicted molar refractivity (Wildman–Crippen MR) is 67.4 cm³/mol. The Hall–Kier alpha value is -1.50. The Labute approximate surface area is 97.1 Å². The largest absolute Gasteiger partial charge is 0.468 e. The van der Waals surface area contributed by atoms with E-state index in [2.05, 4.69) is 39.0 Å². The van der Waals surface area contributed by atoms with Crippen molar-refractivity contribution in [3.63, 3.8) is 0 Å². The second kappa shape index (κ2) is 4.56. The standard InChI is InChI=1S/C15H18O/c1-11(2)12(3)15-9-14(10-16-15)13-7-5-4-6-8-13/h4-12H,1-3H3/t12-/m0/s1. The molecule has 0 radical (unpaired) electrons. The summed E-state index contributed by atoms with van der Waals surface area (Å²) in [5.74, 6) is 2.15. The minimum Gasteiger partial charge on any atom is -0.468 e. The molecule has 0 amide bonds. The minimum absolute atomic E-state index is 0.470. The maximum Gasteiger partial charge on any atom is 0.107 e. The molecular weight excluding hydrogens is 196 g/mol. The summed E-state index contributed by atoms with van der Waals surface area (Å²) in [6, 6.07) is 12.5. The number of benzene rings is 1. The number of hydrogen-bond donors (Lipinski definition) is 0. The van der Waals surface area contributed by atoms with E-state index < -0.39 is 0 Å². The predicted octanol–water partition coefficient (Wildman–Crippen LogP) is 4.71. The highest BCUT2D eigenvalue weighted by atomic mass is 16.3. The van der Waals surface area contributed by atoms with E-state index in [1.807, 2.05) is 24.5 Å². The zero-order chi connectivity index (χ0) is 11.5. The summed E-state index contributed by atoms with van der Waals surface area (Å²) in [5, 5.41) is 0. The molecule has 2 aromatic rings. The van der Waals surface area contributed by atoms with Gasteiger partial charge in [0, 0.05) is 11.5 Å². The van der Waals surface area contributed by atoms with Crippen molar-refractivity contribution in [3.05, 3.63) is 48.4 Å². The van der Waals surface area contributed by atoms with Crippen molar-refractivity contribution in [2.75, 3.05) is 0 Å². The lowest BCUT2D eigenvalue weighted by molar-refractivity contribution is 0.415. The molecule has 1 nitrogen and oxygen atoms in total. The van der Waals surface area contributed by atoms with Crippen molar-refractivity contribution in [3.8, 4) is 11.1 Å². The molecule has 0 saturated carbocycles. The van der Waals surface area contributed by atoms with Crippen LogP contribution in [0.1, 0.15) is 32.4 Å². The van der Waals surface area contributed by atoms with Gasteiger partial charge in [0.1, 0.15) is 5.76 Å². The Morgan fingerprint density at radius 2 is 1.62 bits per heavy atom. The molecule has 1 aromatic heterocycles. The molecule has 0 spiro atoms. The first-order valence-corrected chi connectivity index (χ1v) is 5.82. The van der Waals surface area contributed by atoms with Gasteiger partial charge in [-0.2, -0.15) is 0 Å². The Morgan fingerprint density at radius 3 is 2.25 bits per heavy atom. The third-order valence-corrected chi connectivity index (χ3v) is 3.18. The molecule has 0 aliphatic rings. The fraction of sp³-hybridized carbons (Fsp3) is 0.333. The SMILES string of the molecule is CC(C)[C@H](C)c1cc(-c2ccccc2)co1. The van der Waals surface area contributed by atoms with Crippen molar-refractivity contribution in [2.45, 2.75) is 26.7 Å². The van der Waals surface area contributed by atoms with Crippen LogP contribution in [0.15, 0.2) is 47.1 Å². The second-order valence-electron chi connectivity index (χ2n) is 4.64. The van der Waals surface area contributed by atoms with Crippen molar-refractivity contribution < 1.29 is 4.42 Å². The average molecular weight is 214 g/mol. The van der Waals surface area contributed by atoms with Crippen LogP contribution in [-0.4, -0.2) is 0 Å². The summed E-state index contributed by atoms with van der Waals surface area (Å²) in [6.45, 7) is 6.64. The topological polar surface area (TPSA) is 13.1 Å². The summed E-state index contributed by atoms with van der Waals surface area (Å²) >= 11 is 0. The van der Waals surface area contributed by atoms with Crippen LogP contribution in [0.25, 0.3) is 11.1 Å². The van der Waals surface area contributed by atoms with Crippen LogP contribution in [-0.2, 0) is 0 Å². The van der Waals surface area contributed by atoms with Crippen molar-refractivity contribution >= 4 is 0 Å². The van der Waals surface area contributed by atoms with Gasteiger partial charge >= 0.3 is 0 Å². The quantitative estimate of drug-likeness (QED) is 0.721. The van der Waals surface area contributed by atoms with E-state index in [1.54, 1.807) is 0 Å². The number of hydrogen-bond acceptors (Lipinski definition) is 1. The summed E-state index contributed by atoms with van der Waals surface area (Å²) in [5.41, 5.74) is 2.39. The zero-order valence-corrected chi connectivity index (χ0v) is 10.1. The number of furan rings is 1. The van der Waals surface area contributed by atoms with E-state index in [4.69, 9.17) is 4.42 Å². The second-order valence-corrected chi connectivity index (χ2v) is 4.64. The first-order valence-electron chi connectivity index (χ1n) is 5.82. The van der Waals surface area contributed by atoms with Crippen LogP contribution in [0.2, 0.25) is 0 Å². The minimum atomic E-state index is 0.470. The molecule has 0 saturated heterocycles. The summed E-state index contributed by atoms with van der Waals surface area (Å²) in [6.07, 6.45) is 1.85. The van der Waals surface area contributed by atoms with E-state index in [1.165, 1.54) is 11.1 Å². The van der Waals surface area contributed by atoms with E-state index >= 15 is 0 Å². The third-order valence-electron chi connectivity index (χ3n) is 3.18. The molecule has 84 valence electrons. The molecule has 0 aliphatic carbocycles. The van der Waals surface area contributed by atoms with Crippen LogP contribution in [0.3, 0.4) is 0 Å². The summed E-state index contributed by atoms with van der Waals surface area (Å²) in [4.78, 5) is 0. The lowest BCUT2D eigenvalue weighted by atomic mass is 9.95. The van der Waals surface area contributed by atoms with Gasteiger partial charge in [0.25, 0.3) is 0 Å². The fourth-order valence-corrected chi connectivity index (χ4v) is 1.70. The molecule has 0 unspecified atom stereocenters. The molecule has 16 heavy (non-hydrogen) atoms. The highest BCUT2D eigenvalue weighted by molar-refractivity contribution is 5.62. The molecule has 1 heterocycles. The molecule has 0 bridgehead atoms. The average Bonchev–Trinajstić information content (AvgIpc) is 2.78. The van der Waals surface area contributed by atoms with Crippen molar-refractivity contribution in [1.82, 2.24) is 0 Å². The fourth-order valence-electron chi connectivity index (χ4n) is 1.70. The zero-order valence-electron chi connectivity index (χ0n) is 10.1. The third kappa shape index (κ3) is 2.19. The van der Waals surface area contributed by atoms with Gasteiger partial charge in [-0.3, -0.25) is 0 Å². The van der Waals surface area contributed by atoms with Gasteiger partial charge in [0.2, 0.25) is 0 Å². The van der Waals surface area contributed by atoms with E-state index in [0.29, 0.717) is 11.8 Å². The van der Waals surface area contributed by atoms with Gasteiger partial charge in [0.05, 0.1) is 6.26 Å². The van der Waals surface area contributed by atoms with Crippen molar-refractivity contribution in [2.24, 2.45) is 5.92 Å². The van der Waals surface area contributed by atoms with Crippen LogP contribution >= 0.6 is 0 Å². The molecular formula is C15H18O. The van der Waals surface area contributed by atoms with Gasteiger partial charge in [0.15, 0.2) is 0 Å². The van der Waals surface area contributed by atoms with E-state index in [0.717, 1.165) is 5.76 Å². The van der Waals surface area contributed by atoms with Gasteiger partial charge in [-0.1, -0.05) is 51.1 Å². The van der Waals surface area contributed by atoms with Crippen LogP contribution in [0.4, 0.5) is 0 Å². The van der Waals surface area contributed by atoms with Gasteiger partial charge in [-0.25, -0.2) is 0 Å². The first kappa shape index (κ1) is 11.0. The van der Waals surface area contributed by atoms with Crippen LogP contribution in [0.5, 0.6) is 0 Å². The van der Waals surface area contributed by atoms with Gasteiger partial charge in [-0.05, 0) is 17.5 Å². The van der Waals surface area contributed by atoms with E-state index in [-0.39, 0.29) is 0 Å². The molecule has 1 atom stereocenters. The normalized spacial score (nSPS) is 13.0. The Bertz CT molecular complexity index is 439. The molecule has 0 N–H and O–H groups in total.